The van der Waals surface area contributed by atoms with E-state index in [2.05, 4.69) is 3.07 Å². The van der Waals surface area contributed by atoms with Crippen molar-refractivity contribution in [3.63, 3.8) is 0 Å². The molecule has 0 saturated carbocycles. The highest BCUT2D eigenvalue weighted by Gasteiger charge is 2.09. The second-order valence-corrected chi connectivity index (χ2v) is 2.82. The number of rotatable bonds is 2. The number of carbonyl (C=O) groups is 1. The maximum Gasteiger partial charge on any atom is 0.347 e. The van der Waals surface area contributed by atoms with Crippen LogP contribution < -0.4 is 0 Å². The van der Waals surface area contributed by atoms with Gasteiger partial charge < -0.3 is 3.07 Å². The molecule has 0 unspecified atom stereocenters. The van der Waals surface area contributed by atoms with E-state index in [0.29, 0.717) is 5.56 Å². The highest BCUT2D eigenvalue weighted by Crippen LogP contribution is 2.11. The smallest absolute Gasteiger partial charge is 0.347 e. The summed E-state index contributed by atoms with van der Waals surface area (Å²) in [5, 5.41) is 0. The number of carbonyl (C=O) groups excluding carboxylic acids is 1. The maximum absolute atomic E-state index is 11.2. The normalized spacial score (nSPS) is 9.50. The molecule has 2 nitrogen and oxygen atoms in total. The lowest BCUT2D eigenvalue weighted by molar-refractivity contribution is 0.0799. The minimum atomic E-state index is -0.270. The van der Waals surface area contributed by atoms with E-state index in [1.165, 1.54) is 0 Å². The van der Waals surface area contributed by atoms with Gasteiger partial charge >= 0.3 is 5.97 Å². The predicted molar refractivity (Wildman–Crippen MR) is 55.3 cm³/mol. The Morgan fingerprint density at radius 1 is 1.50 bits per heavy atom. The Bertz CT molecular complexity index is 284. The van der Waals surface area contributed by atoms with Gasteiger partial charge in [0.25, 0.3) is 0 Å². The van der Waals surface area contributed by atoms with Crippen LogP contribution in [-0.2, 0) is 9.49 Å². The van der Waals surface area contributed by atoms with Crippen molar-refractivity contribution in [1.29, 1.82) is 0 Å². The van der Waals surface area contributed by atoms with Crippen molar-refractivity contribution in [2.45, 2.75) is 13.3 Å². The van der Waals surface area contributed by atoms with Crippen LogP contribution in [0.15, 0.2) is 24.3 Å². The summed E-state index contributed by atoms with van der Waals surface area (Å²) in [6.07, 6.45) is 0.849. The van der Waals surface area contributed by atoms with Gasteiger partial charge in [-0.05, 0) is 18.1 Å². The molecule has 0 atom stereocenters. The number of halogens is 1. The fraction of sp³-hybridized carbons (Fsp3) is 0.222. The van der Waals surface area contributed by atoms with Gasteiger partial charge in [0.1, 0.15) is 0 Å². The van der Waals surface area contributed by atoms with Crippen molar-refractivity contribution in [1.82, 2.24) is 0 Å². The molecule has 1 aromatic rings. The van der Waals surface area contributed by atoms with Crippen LogP contribution in [0.3, 0.4) is 0 Å². The molecule has 0 amide bonds. The lowest BCUT2D eigenvalue weighted by Crippen LogP contribution is -2.01. The van der Waals surface area contributed by atoms with Gasteiger partial charge in [-0.25, -0.2) is 4.79 Å². The first kappa shape index (κ1) is 9.51. The topological polar surface area (TPSA) is 26.3 Å². The van der Waals surface area contributed by atoms with Gasteiger partial charge in [0.15, 0.2) is 23.0 Å². The van der Waals surface area contributed by atoms with Crippen molar-refractivity contribution in [3.05, 3.63) is 35.4 Å². The average molecular weight is 276 g/mol. The average Bonchev–Trinajstić information content (AvgIpc) is 2.16. The zero-order valence-electron chi connectivity index (χ0n) is 6.71. The van der Waals surface area contributed by atoms with Crippen LogP contribution in [-0.4, -0.2) is 5.97 Å². The van der Waals surface area contributed by atoms with Gasteiger partial charge in [-0.1, -0.05) is 25.1 Å². The van der Waals surface area contributed by atoms with Crippen molar-refractivity contribution >= 4 is 29.0 Å². The van der Waals surface area contributed by atoms with Crippen LogP contribution in [0, 0.1) is 0 Å². The molecule has 0 aromatic heterocycles. The first-order valence-electron chi connectivity index (χ1n) is 3.70. The molecule has 0 aliphatic rings. The molecule has 64 valence electrons. The largest absolute Gasteiger partial charge is 0.391 e. The molecule has 0 heterocycles. The molecule has 0 spiro atoms. The fourth-order valence-corrected chi connectivity index (χ4v) is 1.31. The highest BCUT2D eigenvalue weighted by atomic mass is 127. The van der Waals surface area contributed by atoms with Gasteiger partial charge in [0, 0.05) is 0 Å². The van der Waals surface area contributed by atoms with E-state index in [0.717, 1.165) is 12.0 Å². The van der Waals surface area contributed by atoms with Gasteiger partial charge in [0.05, 0.1) is 5.56 Å². The Hall–Kier alpha value is -0.580. The minimum absolute atomic E-state index is 0.270. The molecule has 0 radical (unpaired) electrons. The molecule has 0 N–H and O–H groups in total. The van der Waals surface area contributed by atoms with Gasteiger partial charge in [-0.2, -0.15) is 0 Å². The van der Waals surface area contributed by atoms with E-state index >= 15 is 0 Å². The summed E-state index contributed by atoms with van der Waals surface area (Å²) in [4.78, 5) is 11.2. The third-order valence-corrected chi connectivity index (χ3v) is 2.09. The summed E-state index contributed by atoms with van der Waals surface area (Å²) in [6.45, 7) is 2.01. The fourth-order valence-electron chi connectivity index (χ4n) is 1.07. The summed E-state index contributed by atoms with van der Waals surface area (Å²) in [5.41, 5.74) is 1.69. The first-order chi connectivity index (χ1) is 5.79. The molecule has 1 aromatic carbocycles. The Morgan fingerprint density at radius 3 is 2.75 bits per heavy atom. The van der Waals surface area contributed by atoms with Crippen molar-refractivity contribution < 1.29 is 7.86 Å². The lowest BCUT2D eigenvalue weighted by Gasteiger charge is -2.02. The number of aryl methyl sites for hydroxylation is 1. The Morgan fingerprint density at radius 2 is 2.17 bits per heavy atom. The summed E-state index contributed by atoms with van der Waals surface area (Å²) >= 11 is 1.60. The molecule has 3 heteroatoms. The van der Waals surface area contributed by atoms with Crippen LogP contribution in [0.4, 0.5) is 0 Å². The van der Waals surface area contributed by atoms with Crippen LogP contribution in [0.5, 0.6) is 0 Å². The third-order valence-electron chi connectivity index (χ3n) is 1.69. The van der Waals surface area contributed by atoms with Crippen molar-refractivity contribution in [2.75, 3.05) is 0 Å². The molecule has 0 aliphatic heterocycles. The summed E-state index contributed by atoms with van der Waals surface area (Å²) in [7, 11) is 0. The van der Waals surface area contributed by atoms with Crippen molar-refractivity contribution in [2.24, 2.45) is 0 Å². The highest BCUT2D eigenvalue weighted by molar-refractivity contribution is 14.1. The van der Waals surface area contributed by atoms with Crippen LogP contribution in [0.25, 0.3) is 0 Å². The summed E-state index contributed by atoms with van der Waals surface area (Å²) < 4.78 is 4.61. The molecule has 12 heavy (non-hydrogen) atoms. The van der Waals surface area contributed by atoms with E-state index in [-0.39, 0.29) is 5.97 Å². The molecule has 0 bridgehead atoms. The molecule has 0 fully saturated rings. The van der Waals surface area contributed by atoms with Crippen LogP contribution in [0.2, 0.25) is 0 Å². The lowest BCUT2D eigenvalue weighted by atomic mass is 10.1. The molecule has 1 rings (SSSR count). The number of hydrogen-bond acceptors (Lipinski definition) is 2. The Labute approximate surface area is 85.6 Å². The molecular weight excluding hydrogens is 267 g/mol. The third kappa shape index (κ3) is 1.97. The van der Waals surface area contributed by atoms with E-state index < -0.39 is 0 Å². The maximum atomic E-state index is 11.2. The molecule has 0 aliphatic carbocycles. The van der Waals surface area contributed by atoms with E-state index in [9.17, 15) is 4.79 Å². The van der Waals surface area contributed by atoms with Gasteiger partial charge in [-0.15, -0.1) is 0 Å². The summed E-state index contributed by atoms with van der Waals surface area (Å²) in [6, 6.07) is 7.47. The van der Waals surface area contributed by atoms with Gasteiger partial charge in [-0.3, -0.25) is 0 Å². The zero-order chi connectivity index (χ0) is 8.97. The number of hydrogen-bond donors (Lipinski definition) is 0. The standard InChI is InChI=1S/C9H9IO2/c1-2-7-5-3-4-6-8(7)9(11)12-10/h3-6H,2H2,1H3. The van der Waals surface area contributed by atoms with Gasteiger partial charge in [0.2, 0.25) is 0 Å². The second-order valence-electron chi connectivity index (χ2n) is 2.38. The minimum Gasteiger partial charge on any atom is -0.391 e. The van der Waals surface area contributed by atoms with Crippen LogP contribution >= 0.6 is 23.0 Å². The summed E-state index contributed by atoms with van der Waals surface area (Å²) in [5.74, 6) is -0.270. The van der Waals surface area contributed by atoms with E-state index in [1.807, 2.05) is 25.1 Å². The van der Waals surface area contributed by atoms with Crippen LogP contribution in [0.1, 0.15) is 22.8 Å². The molecular formula is C9H9IO2. The molecule has 0 saturated heterocycles. The quantitative estimate of drug-likeness (QED) is 0.776. The SMILES string of the molecule is CCc1ccccc1C(=O)OI. The van der Waals surface area contributed by atoms with E-state index in [1.54, 1.807) is 29.1 Å². The predicted octanol–water partition coefficient (Wildman–Crippen LogP) is 2.76. The zero-order valence-corrected chi connectivity index (χ0v) is 8.87. The van der Waals surface area contributed by atoms with Crippen molar-refractivity contribution in [3.8, 4) is 0 Å². The number of benzene rings is 1. The Balaban J connectivity index is 3.04. The van der Waals surface area contributed by atoms with E-state index in [4.69, 9.17) is 0 Å². The first-order valence-corrected chi connectivity index (χ1v) is 4.58. The second kappa shape index (κ2) is 4.45. The monoisotopic (exact) mass is 276 g/mol. The Kier molecular flexibility index (Phi) is 3.52.